The van der Waals surface area contributed by atoms with E-state index in [2.05, 4.69) is 0 Å². The summed E-state index contributed by atoms with van der Waals surface area (Å²) in [5.74, 6) is -0.203. The van der Waals surface area contributed by atoms with Gasteiger partial charge < -0.3 is 5.73 Å². The van der Waals surface area contributed by atoms with Crippen LogP contribution < -0.4 is 5.73 Å². The van der Waals surface area contributed by atoms with Gasteiger partial charge in [-0.3, -0.25) is 4.79 Å². The molecule has 0 heterocycles. The molecule has 0 rings (SSSR count). The van der Waals surface area contributed by atoms with E-state index in [9.17, 15) is 4.79 Å². The van der Waals surface area contributed by atoms with Crippen LogP contribution >= 0.6 is 0 Å². The Morgan fingerprint density at radius 3 is 2.55 bits per heavy atom. The molecule has 0 atom stereocenters. The quantitative estimate of drug-likeness (QED) is 0.483. The molecular weight excluding hydrogens is 140 g/mol. The molecule has 3 nitrogen and oxygen atoms in total. The van der Waals surface area contributed by atoms with Gasteiger partial charge in [0.15, 0.2) is 0 Å². The predicted octanol–water partition coefficient (Wildman–Crippen LogP) is 0.968. The molecule has 0 saturated carbocycles. The van der Waals surface area contributed by atoms with Crippen LogP contribution in [0.4, 0.5) is 0 Å². The van der Waals surface area contributed by atoms with Crippen LogP contribution in [0.1, 0.15) is 20.3 Å². The first-order valence-corrected chi connectivity index (χ1v) is 3.48. The number of amides is 1. The van der Waals surface area contributed by atoms with Crippen LogP contribution in [0.3, 0.4) is 0 Å². The van der Waals surface area contributed by atoms with Crippen LogP contribution in [-0.4, -0.2) is 5.91 Å². The van der Waals surface area contributed by atoms with Crippen LogP contribution in [0.15, 0.2) is 11.6 Å². The molecule has 0 aromatic rings. The van der Waals surface area contributed by atoms with Gasteiger partial charge >= 0.3 is 0 Å². The maximum absolute atomic E-state index is 10.5. The zero-order valence-corrected chi connectivity index (χ0v) is 6.79. The van der Waals surface area contributed by atoms with Crippen molar-refractivity contribution in [2.45, 2.75) is 20.3 Å². The Bertz CT molecular complexity index is 211. The van der Waals surface area contributed by atoms with Gasteiger partial charge in [0, 0.05) is 0 Å². The van der Waals surface area contributed by atoms with Gasteiger partial charge in [-0.2, -0.15) is 5.26 Å². The van der Waals surface area contributed by atoms with Gasteiger partial charge in [0.25, 0.3) is 5.91 Å². The molecule has 60 valence electrons. The van der Waals surface area contributed by atoms with Crippen molar-refractivity contribution in [1.29, 1.82) is 5.26 Å². The van der Waals surface area contributed by atoms with Crippen molar-refractivity contribution in [3.05, 3.63) is 11.6 Å². The van der Waals surface area contributed by atoms with Crippen LogP contribution in [0.5, 0.6) is 0 Å². The number of hydrogen-bond donors (Lipinski definition) is 1. The molecule has 0 saturated heterocycles. The molecule has 0 aliphatic carbocycles. The number of hydrogen-bond acceptors (Lipinski definition) is 2. The first kappa shape index (κ1) is 9.70. The second-order valence-electron chi connectivity index (χ2n) is 2.72. The molecule has 0 spiro atoms. The first-order valence-electron chi connectivity index (χ1n) is 3.48. The fourth-order valence-electron chi connectivity index (χ4n) is 0.555. The minimum Gasteiger partial charge on any atom is -0.365 e. The maximum atomic E-state index is 10.5. The molecule has 0 unspecified atom stereocenters. The second-order valence-corrected chi connectivity index (χ2v) is 2.72. The highest BCUT2D eigenvalue weighted by Crippen LogP contribution is 2.03. The molecule has 0 aromatic heterocycles. The summed E-state index contributed by atoms with van der Waals surface area (Å²) >= 11 is 0. The van der Waals surface area contributed by atoms with E-state index in [0.717, 1.165) is 0 Å². The standard InChI is InChI=1S/C8H12N2O/c1-6(2)3-4-7(5-9)8(10)11/h4,6H,3H2,1-2H3,(H2,10,11)/b7-4+. The second kappa shape index (κ2) is 4.51. The summed E-state index contributed by atoms with van der Waals surface area (Å²) in [5.41, 5.74) is 4.96. The van der Waals surface area contributed by atoms with Crippen LogP contribution in [0.2, 0.25) is 0 Å². The largest absolute Gasteiger partial charge is 0.365 e. The lowest BCUT2D eigenvalue weighted by atomic mass is 10.1. The summed E-state index contributed by atoms with van der Waals surface area (Å²) in [6, 6.07) is 1.74. The van der Waals surface area contributed by atoms with E-state index >= 15 is 0 Å². The minimum absolute atomic E-state index is 0.0544. The molecule has 0 radical (unpaired) electrons. The van der Waals surface area contributed by atoms with Gasteiger partial charge in [-0.15, -0.1) is 0 Å². The summed E-state index contributed by atoms with van der Waals surface area (Å²) in [6.07, 6.45) is 2.29. The van der Waals surface area contributed by atoms with E-state index in [1.807, 2.05) is 13.8 Å². The Morgan fingerprint density at radius 2 is 2.27 bits per heavy atom. The van der Waals surface area contributed by atoms with Gasteiger partial charge in [-0.1, -0.05) is 19.9 Å². The molecule has 0 aliphatic rings. The van der Waals surface area contributed by atoms with E-state index in [4.69, 9.17) is 11.0 Å². The lowest BCUT2D eigenvalue weighted by molar-refractivity contribution is -0.114. The fraction of sp³-hybridized carbons (Fsp3) is 0.500. The van der Waals surface area contributed by atoms with Crippen LogP contribution in [-0.2, 0) is 4.79 Å². The number of nitriles is 1. The summed E-state index contributed by atoms with van der Waals surface area (Å²) in [7, 11) is 0. The van der Waals surface area contributed by atoms with Gasteiger partial charge in [0.05, 0.1) is 0 Å². The van der Waals surface area contributed by atoms with Crippen molar-refractivity contribution >= 4 is 5.91 Å². The smallest absolute Gasteiger partial charge is 0.259 e. The van der Waals surface area contributed by atoms with E-state index in [-0.39, 0.29) is 5.57 Å². The zero-order valence-electron chi connectivity index (χ0n) is 6.79. The summed E-state index contributed by atoms with van der Waals surface area (Å²) in [6.45, 7) is 4.01. The van der Waals surface area contributed by atoms with E-state index in [0.29, 0.717) is 12.3 Å². The molecule has 1 amide bonds. The van der Waals surface area contributed by atoms with Gasteiger partial charge in [-0.05, 0) is 12.3 Å². The molecule has 0 aromatic carbocycles. The Morgan fingerprint density at radius 1 is 1.73 bits per heavy atom. The number of nitrogens with zero attached hydrogens (tertiary/aromatic N) is 1. The molecule has 11 heavy (non-hydrogen) atoms. The van der Waals surface area contributed by atoms with Gasteiger partial charge in [-0.25, -0.2) is 0 Å². The number of carbonyl (C=O) groups excluding carboxylic acids is 1. The third-order valence-electron chi connectivity index (χ3n) is 1.18. The number of rotatable bonds is 3. The molecule has 0 bridgehead atoms. The Hall–Kier alpha value is -1.30. The molecule has 2 N–H and O–H groups in total. The molecule has 3 heteroatoms. The van der Waals surface area contributed by atoms with Crippen molar-refractivity contribution < 1.29 is 4.79 Å². The normalized spacial score (nSPS) is 11.3. The Balaban J connectivity index is 4.17. The van der Waals surface area contributed by atoms with Crippen molar-refractivity contribution in [1.82, 2.24) is 0 Å². The third-order valence-corrected chi connectivity index (χ3v) is 1.18. The average molecular weight is 152 g/mol. The number of primary amides is 1. The van der Waals surface area contributed by atoms with Gasteiger partial charge in [0.2, 0.25) is 0 Å². The molecular formula is C8H12N2O. The molecule has 0 fully saturated rings. The highest BCUT2D eigenvalue weighted by atomic mass is 16.1. The van der Waals surface area contributed by atoms with Crippen LogP contribution in [0.25, 0.3) is 0 Å². The van der Waals surface area contributed by atoms with Crippen molar-refractivity contribution in [3.8, 4) is 6.07 Å². The molecule has 0 aliphatic heterocycles. The third kappa shape index (κ3) is 4.15. The summed E-state index contributed by atoms with van der Waals surface area (Å²) in [5, 5.41) is 8.39. The van der Waals surface area contributed by atoms with Crippen molar-refractivity contribution in [2.75, 3.05) is 0 Å². The summed E-state index contributed by atoms with van der Waals surface area (Å²) < 4.78 is 0. The van der Waals surface area contributed by atoms with E-state index in [1.54, 1.807) is 12.1 Å². The fourth-order valence-corrected chi connectivity index (χ4v) is 0.555. The van der Waals surface area contributed by atoms with Gasteiger partial charge in [0.1, 0.15) is 11.6 Å². The highest BCUT2D eigenvalue weighted by molar-refractivity contribution is 5.95. The predicted molar refractivity (Wildman–Crippen MR) is 42.3 cm³/mol. The first-order chi connectivity index (χ1) is 5.07. The van der Waals surface area contributed by atoms with E-state index < -0.39 is 5.91 Å². The minimum atomic E-state index is -0.645. The maximum Gasteiger partial charge on any atom is 0.259 e. The zero-order chi connectivity index (χ0) is 8.85. The topological polar surface area (TPSA) is 66.9 Å². The average Bonchev–Trinajstić information content (AvgIpc) is 1.87. The highest BCUT2D eigenvalue weighted by Gasteiger charge is 2.01. The SMILES string of the molecule is CC(C)C/C=C(\C#N)C(N)=O. The monoisotopic (exact) mass is 152 g/mol. The van der Waals surface area contributed by atoms with Crippen molar-refractivity contribution in [3.63, 3.8) is 0 Å². The lowest BCUT2D eigenvalue weighted by Gasteiger charge is -1.97. The number of nitrogens with two attached hydrogens (primary N) is 1. The van der Waals surface area contributed by atoms with E-state index in [1.165, 1.54) is 0 Å². The Kier molecular flexibility index (Phi) is 3.97. The number of allylic oxidation sites excluding steroid dienone is 1. The van der Waals surface area contributed by atoms with Crippen LogP contribution in [0, 0.1) is 17.2 Å². The lowest BCUT2D eigenvalue weighted by Crippen LogP contribution is -2.12. The van der Waals surface area contributed by atoms with Crippen molar-refractivity contribution in [2.24, 2.45) is 11.7 Å². The Labute approximate surface area is 66.5 Å². The number of carbonyl (C=O) groups is 1. The summed E-state index contributed by atoms with van der Waals surface area (Å²) in [4.78, 5) is 10.5.